The van der Waals surface area contributed by atoms with Crippen LogP contribution in [0.4, 0.5) is 5.69 Å². The van der Waals surface area contributed by atoms with Crippen molar-refractivity contribution in [1.82, 2.24) is 0 Å². The van der Waals surface area contributed by atoms with E-state index in [1.54, 1.807) is 12.1 Å². The van der Waals surface area contributed by atoms with Crippen molar-refractivity contribution in [3.05, 3.63) is 82.0 Å². The maximum atomic E-state index is 9.34. The van der Waals surface area contributed by atoms with E-state index >= 15 is 0 Å². The fourth-order valence-corrected chi connectivity index (χ4v) is 2.19. The zero-order valence-corrected chi connectivity index (χ0v) is 11.3. The first kappa shape index (κ1) is 13.5. The lowest BCUT2D eigenvalue weighted by Gasteiger charge is -2.29. The number of hydrogen-bond acceptors (Lipinski definition) is 2. The highest BCUT2D eigenvalue weighted by molar-refractivity contribution is 5.64. The van der Waals surface area contributed by atoms with Crippen molar-refractivity contribution >= 4 is 5.69 Å². The molecule has 1 N–H and O–H groups in total. The Morgan fingerprint density at radius 3 is 1.95 bits per heavy atom. The van der Waals surface area contributed by atoms with Crippen molar-refractivity contribution in [2.45, 2.75) is 13.8 Å². The van der Waals surface area contributed by atoms with Gasteiger partial charge in [-0.15, -0.1) is 0 Å². The van der Waals surface area contributed by atoms with E-state index in [9.17, 15) is 5.11 Å². The number of rotatable bonds is 1. The Bertz CT molecular complexity index is 672. The molecule has 0 saturated heterocycles. The summed E-state index contributed by atoms with van der Waals surface area (Å²) in [6.45, 7) is 17.9. The largest absolute Gasteiger partial charge is 0.526 e. The Kier molecular flexibility index (Phi) is 3.59. The van der Waals surface area contributed by atoms with Gasteiger partial charge in [0, 0.05) is 17.1 Å². The van der Waals surface area contributed by atoms with Crippen molar-refractivity contribution in [3.63, 3.8) is 0 Å². The van der Waals surface area contributed by atoms with E-state index in [0.717, 1.165) is 17.1 Å². The molecule has 2 rings (SSSR count). The van der Waals surface area contributed by atoms with E-state index in [4.69, 9.17) is 13.1 Å². The second kappa shape index (κ2) is 5.34. The van der Waals surface area contributed by atoms with Gasteiger partial charge < -0.3 is 10.0 Å². The van der Waals surface area contributed by atoms with E-state index in [1.807, 2.05) is 43.0 Å². The van der Waals surface area contributed by atoms with Crippen LogP contribution in [0, 0.1) is 13.1 Å². The molecule has 0 spiro atoms. The van der Waals surface area contributed by atoms with Crippen LogP contribution in [-0.4, -0.2) is 5.11 Å². The predicted octanol–water partition coefficient (Wildman–Crippen LogP) is 4.07. The van der Waals surface area contributed by atoms with Crippen LogP contribution >= 0.6 is 0 Å². The Labute approximate surface area is 118 Å². The van der Waals surface area contributed by atoms with Crippen molar-refractivity contribution in [2.75, 3.05) is 4.90 Å². The molecule has 1 aromatic carbocycles. The molecule has 0 amide bonds. The molecule has 4 heteroatoms. The molecule has 0 aliphatic carbocycles. The van der Waals surface area contributed by atoms with E-state index in [-0.39, 0.29) is 11.6 Å². The van der Waals surface area contributed by atoms with Gasteiger partial charge in [-0.3, -0.25) is 0 Å². The van der Waals surface area contributed by atoms with Crippen LogP contribution < -0.4 is 4.90 Å². The summed E-state index contributed by atoms with van der Waals surface area (Å²) in [4.78, 5) is 8.49. The molecule has 1 aliphatic rings. The summed E-state index contributed by atoms with van der Waals surface area (Å²) < 4.78 is 0. The molecule has 0 radical (unpaired) electrons. The summed E-state index contributed by atoms with van der Waals surface area (Å²) in [5.74, 6) is 0.298. The summed E-state index contributed by atoms with van der Waals surface area (Å²) in [5.41, 5.74) is 3.42. The lowest BCUT2D eigenvalue weighted by molar-refractivity contribution is 0.475. The molecule has 20 heavy (non-hydrogen) atoms. The predicted molar refractivity (Wildman–Crippen MR) is 78.3 cm³/mol. The zero-order chi connectivity index (χ0) is 14.7. The fraction of sp³-hybridized carbons (Fsp3) is 0.125. The minimum atomic E-state index is 0.0778. The summed E-state index contributed by atoms with van der Waals surface area (Å²) in [6.07, 6.45) is 3.65. The summed E-state index contributed by atoms with van der Waals surface area (Å²) in [7, 11) is 0. The first-order valence-corrected chi connectivity index (χ1v) is 6.01. The number of allylic oxidation sites excluding steroid dienone is 5. The third-order valence-electron chi connectivity index (χ3n) is 3.01. The maximum absolute atomic E-state index is 9.34. The van der Waals surface area contributed by atoms with Gasteiger partial charge in [0.05, 0.1) is 5.57 Å². The SMILES string of the molecule is [C-]#[N+]C([N+]#[C-])=C1C=C(C)N(c2ccc(O)cc2)C(C)=C1. The molecule has 0 bridgehead atoms. The van der Waals surface area contributed by atoms with Gasteiger partial charge >= 0.3 is 5.82 Å². The monoisotopic (exact) mass is 263 g/mol. The molecule has 1 aromatic rings. The second-order valence-electron chi connectivity index (χ2n) is 4.43. The molecule has 4 nitrogen and oxygen atoms in total. The Morgan fingerprint density at radius 2 is 1.50 bits per heavy atom. The van der Waals surface area contributed by atoms with Crippen LogP contribution in [-0.2, 0) is 0 Å². The molecule has 1 aliphatic heterocycles. The maximum Gasteiger partial charge on any atom is 0.526 e. The van der Waals surface area contributed by atoms with E-state index < -0.39 is 0 Å². The van der Waals surface area contributed by atoms with Gasteiger partial charge in [-0.25, -0.2) is 0 Å². The van der Waals surface area contributed by atoms with Crippen LogP contribution in [0.3, 0.4) is 0 Å². The molecule has 1 heterocycles. The normalized spacial score (nSPS) is 14.0. The Balaban J connectivity index is 2.48. The molecule has 0 saturated carbocycles. The van der Waals surface area contributed by atoms with Gasteiger partial charge in [0.1, 0.15) is 18.9 Å². The summed E-state index contributed by atoms with van der Waals surface area (Å²) in [5, 5.41) is 9.34. The first-order chi connectivity index (χ1) is 9.56. The van der Waals surface area contributed by atoms with Crippen molar-refractivity contribution in [3.8, 4) is 5.75 Å². The highest BCUT2D eigenvalue weighted by Crippen LogP contribution is 2.31. The number of aromatic hydroxyl groups is 1. The average molecular weight is 263 g/mol. The van der Waals surface area contributed by atoms with Crippen LogP contribution in [0.25, 0.3) is 9.69 Å². The highest BCUT2D eigenvalue weighted by atomic mass is 16.3. The van der Waals surface area contributed by atoms with Gasteiger partial charge in [-0.1, -0.05) is 0 Å². The molecule has 0 unspecified atom stereocenters. The van der Waals surface area contributed by atoms with Crippen LogP contribution in [0.1, 0.15) is 13.8 Å². The van der Waals surface area contributed by atoms with Crippen molar-refractivity contribution in [2.24, 2.45) is 0 Å². The topological polar surface area (TPSA) is 32.2 Å². The van der Waals surface area contributed by atoms with Crippen molar-refractivity contribution in [1.29, 1.82) is 0 Å². The lowest BCUT2D eigenvalue weighted by Crippen LogP contribution is -2.21. The lowest BCUT2D eigenvalue weighted by atomic mass is 10.1. The first-order valence-electron chi connectivity index (χ1n) is 6.01. The Hall–Kier alpha value is -2.98. The molecule has 0 aromatic heterocycles. The number of benzene rings is 1. The third-order valence-corrected chi connectivity index (χ3v) is 3.01. The van der Waals surface area contributed by atoms with Gasteiger partial charge in [0.25, 0.3) is 0 Å². The number of anilines is 1. The fourth-order valence-electron chi connectivity index (χ4n) is 2.19. The summed E-state index contributed by atoms with van der Waals surface area (Å²) in [6, 6.07) is 6.91. The summed E-state index contributed by atoms with van der Waals surface area (Å²) >= 11 is 0. The molecular formula is C16H13N3O. The van der Waals surface area contributed by atoms with E-state index in [0.29, 0.717) is 5.57 Å². The van der Waals surface area contributed by atoms with Gasteiger partial charge in [-0.2, -0.15) is 9.69 Å². The van der Waals surface area contributed by atoms with Crippen LogP contribution in [0.5, 0.6) is 5.75 Å². The quantitative estimate of drug-likeness (QED) is 0.774. The van der Waals surface area contributed by atoms with Crippen LogP contribution in [0.15, 0.2) is 59.2 Å². The van der Waals surface area contributed by atoms with E-state index in [2.05, 4.69) is 9.69 Å². The average Bonchev–Trinajstić information content (AvgIpc) is 2.41. The standard InChI is InChI=1S/C16H13N3O/c1-11-9-13(16(17-3)18-4)10-12(2)19(11)14-5-7-15(20)8-6-14/h5-10,20H,1-2H3. The van der Waals surface area contributed by atoms with E-state index in [1.165, 1.54) is 0 Å². The van der Waals surface area contributed by atoms with Gasteiger partial charge in [0.2, 0.25) is 0 Å². The molecular weight excluding hydrogens is 250 g/mol. The third kappa shape index (κ3) is 2.41. The molecule has 0 atom stereocenters. The number of hydrogen-bond donors (Lipinski definition) is 1. The van der Waals surface area contributed by atoms with Crippen LogP contribution in [0.2, 0.25) is 0 Å². The molecule has 98 valence electrons. The van der Waals surface area contributed by atoms with Gasteiger partial charge in [-0.05, 0) is 50.3 Å². The second-order valence-corrected chi connectivity index (χ2v) is 4.43. The minimum Gasteiger partial charge on any atom is -0.508 e. The van der Waals surface area contributed by atoms with Gasteiger partial charge in [0.15, 0.2) is 0 Å². The smallest absolute Gasteiger partial charge is 0.508 e. The zero-order valence-electron chi connectivity index (χ0n) is 11.3. The molecule has 0 fully saturated rings. The highest BCUT2D eigenvalue weighted by Gasteiger charge is 2.20. The Morgan fingerprint density at radius 1 is 1.00 bits per heavy atom. The minimum absolute atomic E-state index is 0.0778. The number of phenolic OH excluding ortho intramolecular Hbond substituents is 1. The number of nitrogens with zero attached hydrogens (tertiary/aromatic N) is 3. The number of phenols is 1. The van der Waals surface area contributed by atoms with Crippen molar-refractivity contribution < 1.29 is 5.11 Å².